The Morgan fingerprint density at radius 3 is 3.10 bits per heavy atom. The fourth-order valence-corrected chi connectivity index (χ4v) is 1.06. The second-order valence-corrected chi connectivity index (χ2v) is 2.65. The van der Waals surface area contributed by atoms with Gasteiger partial charge in [-0.15, -0.1) is 0 Å². The summed E-state index contributed by atoms with van der Waals surface area (Å²) in [6.07, 6.45) is 6.12. The molecule has 1 rings (SSSR count). The van der Waals surface area contributed by atoms with Crippen molar-refractivity contribution in [2.75, 3.05) is 13.2 Å². The topological polar surface area (TPSA) is 24.1 Å². The molecule has 0 unspecified atom stereocenters. The maximum absolute atomic E-state index is 3.27. The molecule has 10 heavy (non-hydrogen) atoms. The van der Waals surface area contributed by atoms with Crippen molar-refractivity contribution in [1.82, 2.24) is 10.6 Å². The summed E-state index contributed by atoms with van der Waals surface area (Å²) in [4.78, 5) is 0. The lowest BCUT2D eigenvalue weighted by atomic mass is 10.2. The predicted molar refractivity (Wildman–Crippen MR) is 43.6 cm³/mol. The van der Waals surface area contributed by atoms with Gasteiger partial charge in [-0.25, -0.2) is 0 Å². The number of nitrogens with one attached hydrogen (secondary N) is 2. The van der Waals surface area contributed by atoms with E-state index in [1.807, 2.05) is 0 Å². The quantitative estimate of drug-likeness (QED) is 0.576. The Morgan fingerprint density at radius 2 is 2.50 bits per heavy atom. The van der Waals surface area contributed by atoms with Crippen molar-refractivity contribution in [2.24, 2.45) is 0 Å². The summed E-state index contributed by atoms with van der Waals surface area (Å²) >= 11 is 0. The highest BCUT2D eigenvalue weighted by Gasteiger charge is 2.01. The van der Waals surface area contributed by atoms with E-state index < -0.39 is 0 Å². The lowest BCUT2D eigenvalue weighted by molar-refractivity contribution is 0.800. The van der Waals surface area contributed by atoms with Crippen molar-refractivity contribution in [3.05, 3.63) is 11.8 Å². The number of hydrogen-bond donors (Lipinski definition) is 2. The van der Waals surface area contributed by atoms with Gasteiger partial charge >= 0.3 is 0 Å². The van der Waals surface area contributed by atoms with Gasteiger partial charge in [0.1, 0.15) is 0 Å². The zero-order chi connectivity index (χ0) is 7.23. The van der Waals surface area contributed by atoms with Crippen molar-refractivity contribution in [2.45, 2.75) is 26.2 Å². The molecule has 0 aromatic carbocycles. The maximum atomic E-state index is 3.27. The van der Waals surface area contributed by atoms with E-state index in [0.717, 1.165) is 13.2 Å². The van der Waals surface area contributed by atoms with Gasteiger partial charge in [0, 0.05) is 12.2 Å². The standard InChI is InChI=1S/C8H16N2/c1-2-3-4-5-8-6-9-7-10-8/h5,9-10H,2-4,6-7H2,1H3/b8-5+. The minimum Gasteiger partial charge on any atom is -0.375 e. The molecule has 0 atom stereocenters. The van der Waals surface area contributed by atoms with Crippen molar-refractivity contribution in [1.29, 1.82) is 0 Å². The number of allylic oxidation sites excluding steroid dienone is 1. The van der Waals surface area contributed by atoms with Gasteiger partial charge in [0.2, 0.25) is 0 Å². The first-order chi connectivity index (χ1) is 4.93. The average Bonchev–Trinajstić information content (AvgIpc) is 2.41. The van der Waals surface area contributed by atoms with Gasteiger partial charge in [-0.1, -0.05) is 25.8 Å². The molecule has 0 amide bonds. The van der Waals surface area contributed by atoms with E-state index in [1.165, 1.54) is 25.0 Å². The fourth-order valence-electron chi connectivity index (χ4n) is 1.06. The third kappa shape index (κ3) is 2.40. The van der Waals surface area contributed by atoms with Crippen LogP contribution in [-0.4, -0.2) is 13.2 Å². The zero-order valence-corrected chi connectivity index (χ0v) is 6.61. The molecular weight excluding hydrogens is 124 g/mol. The smallest absolute Gasteiger partial charge is 0.0653 e. The van der Waals surface area contributed by atoms with Crippen LogP contribution in [0, 0.1) is 0 Å². The second-order valence-electron chi connectivity index (χ2n) is 2.65. The monoisotopic (exact) mass is 140 g/mol. The first kappa shape index (κ1) is 7.61. The maximum Gasteiger partial charge on any atom is 0.0653 e. The van der Waals surface area contributed by atoms with Crippen molar-refractivity contribution in [3.8, 4) is 0 Å². The van der Waals surface area contributed by atoms with Crippen LogP contribution in [0.2, 0.25) is 0 Å². The van der Waals surface area contributed by atoms with E-state index in [9.17, 15) is 0 Å². The molecular formula is C8H16N2. The molecule has 2 nitrogen and oxygen atoms in total. The third-order valence-electron chi connectivity index (χ3n) is 1.70. The largest absolute Gasteiger partial charge is 0.375 e. The molecule has 1 aliphatic rings. The van der Waals surface area contributed by atoms with Crippen LogP contribution in [0.1, 0.15) is 26.2 Å². The van der Waals surface area contributed by atoms with Gasteiger partial charge in [0.25, 0.3) is 0 Å². The second kappa shape index (κ2) is 4.34. The summed E-state index contributed by atoms with van der Waals surface area (Å²) in [6, 6.07) is 0. The first-order valence-electron chi connectivity index (χ1n) is 4.07. The van der Waals surface area contributed by atoms with Gasteiger partial charge in [-0.3, -0.25) is 5.32 Å². The molecule has 1 aliphatic heterocycles. The Bertz CT molecular complexity index is 110. The molecule has 1 heterocycles. The van der Waals surface area contributed by atoms with Crippen LogP contribution in [0.4, 0.5) is 0 Å². The van der Waals surface area contributed by atoms with Crippen LogP contribution in [0.15, 0.2) is 11.8 Å². The van der Waals surface area contributed by atoms with E-state index in [1.54, 1.807) is 0 Å². The molecule has 0 saturated carbocycles. The number of unbranched alkanes of at least 4 members (excludes halogenated alkanes) is 2. The Hall–Kier alpha value is -0.500. The van der Waals surface area contributed by atoms with Crippen LogP contribution in [0.25, 0.3) is 0 Å². The number of hydrogen-bond acceptors (Lipinski definition) is 2. The lowest BCUT2D eigenvalue weighted by Gasteiger charge is -1.95. The Morgan fingerprint density at radius 1 is 1.60 bits per heavy atom. The van der Waals surface area contributed by atoms with Gasteiger partial charge in [-0.05, 0) is 6.42 Å². The Kier molecular flexibility index (Phi) is 3.30. The van der Waals surface area contributed by atoms with E-state index in [4.69, 9.17) is 0 Å². The molecule has 58 valence electrons. The van der Waals surface area contributed by atoms with E-state index >= 15 is 0 Å². The first-order valence-corrected chi connectivity index (χ1v) is 4.07. The van der Waals surface area contributed by atoms with Crippen molar-refractivity contribution < 1.29 is 0 Å². The van der Waals surface area contributed by atoms with Crippen LogP contribution in [-0.2, 0) is 0 Å². The van der Waals surface area contributed by atoms with E-state index in [0.29, 0.717) is 0 Å². The molecule has 0 aliphatic carbocycles. The normalized spacial score (nSPS) is 21.5. The molecule has 0 bridgehead atoms. The molecule has 1 fully saturated rings. The molecule has 0 radical (unpaired) electrons. The van der Waals surface area contributed by atoms with Gasteiger partial charge in [0.05, 0.1) is 6.67 Å². The highest BCUT2D eigenvalue weighted by Crippen LogP contribution is 1.99. The molecule has 0 aromatic heterocycles. The number of rotatable bonds is 3. The minimum atomic E-state index is 0.942. The Labute approximate surface area is 62.7 Å². The van der Waals surface area contributed by atoms with Gasteiger partial charge in [0.15, 0.2) is 0 Å². The van der Waals surface area contributed by atoms with Crippen LogP contribution >= 0.6 is 0 Å². The summed E-state index contributed by atoms with van der Waals surface area (Å²) < 4.78 is 0. The minimum absolute atomic E-state index is 0.942. The summed E-state index contributed by atoms with van der Waals surface area (Å²) in [5.74, 6) is 0. The molecule has 0 aromatic rings. The van der Waals surface area contributed by atoms with Crippen molar-refractivity contribution >= 4 is 0 Å². The summed E-state index contributed by atoms with van der Waals surface area (Å²) in [7, 11) is 0. The molecule has 2 N–H and O–H groups in total. The highest BCUT2D eigenvalue weighted by molar-refractivity contribution is 5.04. The average molecular weight is 140 g/mol. The van der Waals surface area contributed by atoms with Crippen LogP contribution < -0.4 is 10.6 Å². The van der Waals surface area contributed by atoms with Crippen LogP contribution in [0.5, 0.6) is 0 Å². The lowest BCUT2D eigenvalue weighted by Crippen LogP contribution is -2.10. The summed E-state index contributed by atoms with van der Waals surface area (Å²) in [5, 5.41) is 6.49. The van der Waals surface area contributed by atoms with E-state index in [2.05, 4.69) is 23.6 Å². The summed E-state index contributed by atoms with van der Waals surface area (Å²) in [6.45, 7) is 4.19. The van der Waals surface area contributed by atoms with Gasteiger partial charge in [-0.2, -0.15) is 0 Å². The van der Waals surface area contributed by atoms with Crippen LogP contribution in [0.3, 0.4) is 0 Å². The SMILES string of the molecule is CCCC/C=C1\CNCN1. The molecule has 2 heteroatoms. The molecule has 0 spiro atoms. The highest BCUT2D eigenvalue weighted by atomic mass is 15.1. The van der Waals surface area contributed by atoms with E-state index in [-0.39, 0.29) is 0 Å². The fraction of sp³-hybridized carbons (Fsp3) is 0.750. The predicted octanol–water partition coefficient (Wildman–Crippen LogP) is 1.21. The third-order valence-corrected chi connectivity index (χ3v) is 1.70. The van der Waals surface area contributed by atoms with Crippen molar-refractivity contribution in [3.63, 3.8) is 0 Å². The summed E-state index contributed by atoms with van der Waals surface area (Å²) in [5.41, 5.74) is 1.37. The molecule has 1 saturated heterocycles. The zero-order valence-electron chi connectivity index (χ0n) is 6.61. The Balaban J connectivity index is 2.12. The van der Waals surface area contributed by atoms with Gasteiger partial charge < -0.3 is 5.32 Å².